The highest BCUT2D eigenvalue weighted by molar-refractivity contribution is 7.89. The van der Waals surface area contributed by atoms with Crippen LogP contribution in [0.15, 0.2) is 28.5 Å². The first-order valence-corrected chi connectivity index (χ1v) is 12.7. The second-order valence-electron chi connectivity index (χ2n) is 7.62. The predicted molar refractivity (Wildman–Crippen MR) is 123 cm³/mol. The van der Waals surface area contributed by atoms with Gasteiger partial charge in [0.05, 0.1) is 17.9 Å². The predicted octanol–water partition coefficient (Wildman–Crippen LogP) is 3.94. The molecule has 168 valence electrons. The summed E-state index contributed by atoms with van der Waals surface area (Å²) in [5.74, 6) is -0.0806. The topological polar surface area (TPSA) is 77.2 Å². The Morgan fingerprint density at radius 2 is 1.81 bits per heavy atom. The van der Waals surface area contributed by atoms with Gasteiger partial charge in [-0.1, -0.05) is 19.9 Å². The molecule has 0 bridgehead atoms. The summed E-state index contributed by atoms with van der Waals surface area (Å²) < 4.78 is 31.1. The maximum absolute atomic E-state index is 13.1. The van der Waals surface area contributed by atoms with Crippen LogP contribution < -0.4 is 0 Å². The Labute approximate surface area is 188 Å². The molecule has 3 heterocycles. The average Bonchev–Trinajstić information content (AvgIpc) is 3.38. The zero-order valence-corrected chi connectivity index (χ0v) is 20.6. The first-order valence-electron chi connectivity index (χ1n) is 10.4. The summed E-state index contributed by atoms with van der Waals surface area (Å²) in [4.78, 5) is 14.6. The second kappa shape index (κ2) is 9.10. The minimum Gasteiger partial charge on any atom is -0.343 e. The molecule has 0 spiro atoms. The molecule has 0 atom stereocenters. The van der Waals surface area contributed by atoms with Crippen molar-refractivity contribution in [2.75, 3.05) is 13.1 Å². The van der Waals surface area contributed by atoms with E-state index < -0.39 is 10.0 Å². The molecule has 0 aliphatic heterocycles. The number of sulfonamides is 1. The molecule has 0 aliphatic rings. The molecule has 3 aromatic heterocycles. The Balaban J connectivity index is 1.90. The summed E-state index contributed by atoms with van der Waals surface area (Å²) in [5.41, 5.74) is 3.49. The Kier molecular flexibility index (Phi) is 6.88. The quantitative estimate of drug-likeness (QED) is 0.451. The number of hydrogen-bond donors (Lipinski definition) is 0. The Morgan fingerprint density at radius 3 is 2.39 bits per heavy atom. The number of nitrogens with zero attached hydrogens (tertiary/aromatic N) is 4. The van der Waals surface area contributed by atoms with E-state index in [1.165, 1.54) is 13.9 Å². The number of carbonyl (C=O) groups excluding carboxylic acids is 1. The van der Waals surface area contributed by atoms with E-state index in [0.29, 0.717) is 30.0 Å². The van der Waals surface area contributed by atoms with Crippen LogP contribution >= 0.6 is 11.3 Å². The van der Waals surface area contributed by atoms with E-state index in [9.17, 15) is 13.2 Å². The van der Waals surface area contributed by atoms with Gasteiger partial charge in [0, 0.05) is 34.9 Å². The van der Waals surface area contributed by atoms with Crippen molar-refractivity contribution in [1.82, 2.24) is 18.7 Å². The lowest BCUT2D eigenvalue weighted by Crippen LogP contribution is -2.31. The normalized spacial score (nSPS) is 12.1. The maximum atomic E-state index is 13.1. The van der Waals surface area contributed by atoms with Crippen LogP contribution in [-0.2, 0) is 23.1 Å². The molecule has 0 saturated heterocycles. The van der Waals surface area contributed by atoms with Gasteiger partial charge < -0.3 is 4.57 Å². The van der Waals surface area contributed by atoms with Crippen molar-refractivity contribution in [2.24, 2.45) is 0 Å². The van der Waals surface area contributed by atoms with Gasteiger partial charge in [-0.25, -0.2) is 8.42 Å². The summed E-state index contributed by atoms with van der Waals surface area (Å²) in [6.07, 6.45) is 0. The smallest absolute Gasteiger partial charge is 0.246 e. The number of thiophene rings is 1. The molecule has 0 aliphatic carbocycles. The van der Waals surface area contributed by atoms with Gasteiger partial charge in [-0.05, 0) is 45.2 Å². The summed E-state index contributed by atoms with van der Waals surface area (Å²) >= 11 is 1.69. The summed E-state index contributed by atoms with van der Waals surface area (Å²) in [7, 11) is -3.65. The molecule has 0 saturated carbocycles. The number of hydrogen-bond acceptors (Lipinski definition) is 5. The zero-order valence-electron chi connectivity index (χ0n) is 19.0. The minimum absolute atomic E-state index is 0.00371. The van der Waals surface area contributed by atoms with Crippen molar-refractivity contribution in [1.29, 1.82) is 0 Å². The van der Waals surface area contributed by atoms with Gasteiger partial charge >= 0.3 is 0 Å². The lowest BCUT2D eigenvalue weighted by Gasteiger charge is -2.18. The van der Waals surface area contributed by atoms with Crippen LogP contribution in [0.4, 0.5) is 0 Å². The first kappa shape index (κ1) is 23.4. The fourth-order valence-corrected chi connectivity index (χ4v) is 6.53. The fraction of sp³-hybridized carbons (Fsp3) is 0.455. The number of ketones is 1. The molecule has 3 rings (SSSR count). The largest absolute Gasteiger partial charge is 0.343 e. The van der Waals surface area contributed by atoms with E-state index in [2.05, 4.69) is 15.7 Å². The lowest BCUT2D eigenvalue weighted by molar-refractivity contribution is 0.0966. The van der Waals surface area contributed by atoms with Crippen LogP contribution in [0.2, 0.25) is 0 Å². The number of aryl methyl sites for hydroxylation is 2. The number of Topliss-reactive ketones (excluding diaryl/α,β-unsaturated/α-hetero) is 1. The molecule has 0 unspecified atom stereocenters. The second-order valence-corrected chi connectivity index (χ2v) is 10.5. The van der Waals surface area contributed by atoms with Gasteiger partial charge in [0.25, 0.3) is 0 Å². The van der Waals surface area contributed by atoms with Gasteiger partial charge in [0.15, 0.2) is 5.78 Å². The van der Waals surface area contributed by atoms with Crippen LogP contribution in [0.5, 0.6) is 0 Å². The highest BCUT2D eigenvalue weighted by Crippen LogP contribution is 2.25. The van der Waals surface area contributed by atoms with Crippen LogP contribution in [0.25, 0.3) is 0 Å². The summed E-state index contributed by atoms with van der Waals surface area (Å²) in [6.45, 7) is 12.5. The standard InChI is InChI=1S/C22H30N4O3S2/c1-7-24(8-2)31(28,29)22-16(4)23-26(18(22)6)14-21(27)20-12-15(3)25(17(20)5)13-19-10-9-11-30-19/h9-12H,7-8,13-14H2,1-6H3. The molecule has 0 fully saturated rings. The third-order valence-corrected chi connectivity index (χ3v) is 8.84. The van der Waals surface area contributed by atoms with E-state index >= 15 is 0 Å². The monoisotopic (exact) mass is 462 g/mol. The molecular weight excluding hydrogens is 432 g/mol. The average molecular weight is 463 g/mol. The van der Waals surface area contributed by atoms with E-state index in [0.717, 1.165) is 17.9 Å². The van der Waals surface area contributed by atoms with Crippen molar-refractivity contribution in [3.8, 4) is 0 Å². The van der Waals surface area contributed by atoms with E-state index in [-0.39, 0.29) is 17.2 Å². The number of aromatic nitrogens is 3. The number of rotatable bonds is 9. The maximum Gasteiger partial charge on any atom is 0.246 e. The number of carbonyl (C=O) groups is 1. The third-order valence-electron chi connectivity index (χ3n) is 5.68. The molecule has 0 N–H and O–H groups in total. The van der Waals surface area contributed by atoms with Gasteiger partial charge in [0.2, 0.25) is 10.0 Å². The Hall–Kier alpha value is -2.23. The molecule has 9 heteroatoms. The molecule has 0 amide bonds. The van der Waals surface area contributed by atoms with Gasteiger partial charge in [-0.15, -0.1) is 11.3 Å². The summed E-state index contributed by atoms with van der Waals surface area (Å²) in [5, 5.41) is 6.44. The molecule has 3 aromatic rings. The third kappa shape index (κ3) is 4.40. The van der Waals surface area contributed by atoms with Crippen LogP contribution in [0, 0.1) is 27.7 Å². The highest BCUT2D eigenvalue weighted by Gasteiger charge is 2.30. The molecule has 7 nitrogen and oxygen atoms in total. The fourth-order valence-electron chi connectivity index (χ4n) is 4.01. The minimum atomic E-state index is -3.65. The molecule has 31 heavy (non-hydrogen) atoms. The van der Waals surface area contributed by atoms with Crippen molar-refractivity contribution < 1.29 is 13.2 Å². The van der Waals surface area contributed by atoms with Gasteiger partial charge in [0.1, 0.15) is 11.4 Å². The first-order chi connectivity index (χ1) is 14.6. The lowest BCUT2D eigenvalue weighted by atomic mass is 10.1. The highest BCUT2D eigenvalue weighted by atomic mass is 32.2. The van der Waals surface area contributed by atoms with Crippen molar-refractivity contribution in [3.05, 3.63) is 56.8 Å². The SMILES string of the molecule is CCN(CC)S(=O)(=O)c1c(C)nn(CC(=O)c2cc(C)n(Cc3cccs3)c2C)c1C. The Morgan fingerprint density at radius 1 is 1.13 bits per heavy atom. The molecule has 0 aromatic carbocycles. The van der Waals surface area contributed by atoms with Crippen LogP contribution in [-0.4, -0.2) is 45.9 Å². The summed E-state index contributed by atoms with van der Waals surface area (Å²) in [6, 6.07) is 6.01. The van der Waals surface area contributed by atoms with Gasteiger partial charge in [-0.2, -0.15) is 9.40 Å². The zero-order chi connectivity index (χ0) is 22.9. The van der Waals surface area contributed by atoms with E-state index in [1.54, 1.807) is 25.2 Å². The van der Waals surface area contributed by atoms with Crippen molar-refractivity contribution in [3.63, 3.8) is 0 Å². The van der Waals surface area contributed by atoms with Gasteiger partial charge in [-0.3, -0.25) is 9.48 Å². The van der Waals surface area contributed by atoms with Crippen LogP contribution in [0.3, 0.4) is 0 Å². The molecular formula is C22H30N4O3S2. The van der Waals surface area contributed by atoms with Crippen molar-refractivity contribution in [2.45, 2.75) is 59.5 Å². The Bertz CT molecular complexity index is 1180. The van der Waals surface area contributed by atoms with Crippen LogP contribution in [0.1, 0.15) is 51.9 Å². The van der Waals surface area contributed by atoms with E-state index in [1.807, 2.05) is 45.2 Å². The van der Waals surface area contributed by atoms with E-state index in [4.69, 9.17) is 0 Å². The van der Waals surface area contributed by atoms with Crippen molar-refractivity contribution >= 4 is 27.1 Å². The molecule has 0 radical (unpaired) electrons.